The molecule has 0 spiro atoms. The molecule has 2 aromatic carbocycles. The number of amides is 2. The Bertz CT molecular complexity index is 1020. The van der Waals surface area contributed by atoms with Crippen LogP contribution in [0.25, 0.3) is 0 Å². The van der Waals surface area contributed by atoms with Crippen molar-refractivity contribution in [2.75, 3.05) is 20.1 Å². The molecule has 0 saturated carbocycles. The van der Waals surface area contributed by atoms with Gasteiger partial charge in [0.2, 0.25) is 0 Å². The van der Waals surface area contributed by atoms with E-state index in [-0.39, 0.29) is 6.54 Å². The second kappa shape index (κ2) is 11.9. The zero-order valence-electron chi connectivity index (χ0n) is 18.6. The van der Waals surface area contributed by atoms with Crippen LogP contribution in [-0.2, 0) is 28.9 Å². The summed E-state index contributed by atoms with van der Waals surface area (Å²) in [6.07, 6.45) is -0.581. The molecule has 0 aliphatic carbocycles. The number of carbonyl (C=O) groups excluding carboxylic acids is 2. The molecule has 2 amide bonds. The molecule has 3 aromatic rings. The van der Waals surface area contributed by atoms with Gasteiger partial charge in [-0.05, 0) is 17.5 Å². The van der Waals surface area contributed by atoms with E-state index in [0.29, 0.717) is 31.7 Å². The van der Waals surface area contributed by atoms with Gasteiger partial charge >= 0.3 is 0 Å². The highest BCUT2D eigenvalue weighted by molar-refractivity contribution is 5.90. The minimum absolute atomic E-state index is 0.145. The first-order valence-electron chi connectivity index (χ1n) is 10.8. The first-order valence-corrected chi connectivity index (χ1v) is 10.8. The van der Waals surface area contributed by atoms with Crippen molar-refractivity contribution in [1.29, 1.82) is 0 Å². The van der Waals surface area contributed by atoms with Gasteiger partial charge in [0.15, 0.2) is 18.1 Å². The maximum Gasteiger partial charge on any atom is 0.254 e. The van der Waals surface area contributed by atoms with Crippen molar-refractivity contribution in [3.05, 3.63) is 89.6 Å². The average Bonchev–Trinajstić information content (AvgIpc) is 3.29. The Kier molecular flexibility index (Phi) is 8.74. The Morgan fingerprint density at radius 2 is 1.61 bits per heavy atom. The van der Waals surface area contributed by atoms with Crippen LogP contribution in [0.5, 0.6) is 0 Å². The molecule has 0 unspecified atom stereocenters. The number of aromatic nitrogens is 1. The summed E-state index contributed by atoms with van der Waals surface area (Å²) in [4.78, 5) is 30.2. The van der Waals surface area contributed by atoms with Crippen molar-refractivity contribution in [2.45, 2.75) is 31.5 Å². The van der Waals surface area contributed by atoms with E-state index in [9.17, 15) is 19.8 Å². The van der Waals surface area contributed by atoms with Crippen molar-refractivity contribution >= 4 is 11.8 Å². The van der Waals surface area contributed by atoms with Crippen LogP contribution in [0.4, 0.5) is 0 Å². The summed E-state index contributed by atoms with van der Waals surface area (Å²) in [5.41, 5.74) is 2.94. The highest BCUT2D eigenvalue weighted by Gasteiger charge is 2.32. The lowest BCUT2D eigenvalue weighted by Crippen LogP contribution is -2.50. The molecule has 0 bridgehead atoms. The fourth-order valence-electron chi connectivity index (χ4n) is 3.30. The molecule has 0 saturated heterocycles. The van der Waals surface area contributed by atoms with Crippen LogP contribution >= 0.6 is 0 Å². The maximum atomic E-state index is 12.4. The van der Waals surface area contributed by atoms with Crippen molar-refractivity contribution in [2.24, 2.45) is 0 Å². The number of benzene rings is 2. The number of carbonyl (C=O) groups is 2. The third-order valence-corrected chi connectivity index (χ3v) is 5.24. The second-order valence-electron chi connectivity index (χ2n) is 7.82. The Balaban J connectivity index is 1.40. The first-order chi connectivity index (χ1) is 15.9. The topological polar surface area (TPSA) is 116 Å². The summed E-state index contributed by atoms with van der Waals surface area (Å²) in [5.74, 6) is -1.09. The quantitative estimate of drug-likeness (QED) is 0.405. The Labute approximate surface area is 192 Å². The second-order valence-corrected chi connectivity index (χ2v) is 7.82. The van der Waals surface area contributed by atoms with Gasteiger partial charge in [-0.1, -0.05) is 60.7 Å². The van der Waals surface area contributed by atoms with Gasteiger partial charge in [-0.25, -0.2) is 4.98 Å². The summed E-state index contributed by atoms with van der Waals surface area (Å²) in [6.45, 7) is 0.496. The molecule has 1 aromatic heterocycles. The number of hydrogen-bond acceptors (Lipinski definition) is 6. The molecule has 0 radical (unpaired) electrons. The fourth-order valence-corrected chi connectivity index (χ4v) is 3.30. The van der Waals surface area contributed by atoms with Gasteiger partial charge in [-0.3, -0.25) is 9.59 Å². The van der Waals surface area contributed by atoms with E-state index in [0.717, 1.165) is 16.8 Å². The minimum atomic E-state index is -1.87. The highest BCUT2D eigenvalue weighted by atomic mass is 16.3. The maximum absolute atomic E-state index is 12.4. The summed E-state index contributed by atoms with van der Waals surface area (Å²) in [7, 11) is 1.52. The normalized spacial score (nSPS) is 12.7. The largest absolute Gasteiger partial charge is 0.449 e. The standard InChI is InChI=1S/C25H29N3O5/c1-28(15-13-18-8-4-2-5-9-18)25(32)23(30)22(29)24(31)26-14-12-21-27-20(17-33-21)16-19-10-6-3-7-11-19/h2-11,17,22-23,29-30H,12-16H2,1H3,(H,26,31)/t22-,23-/m1/s1. The van der Waals surface area contributed by atoms with Crippen LogP contribution in [0.2, 0.25) is 0 Å². The number of rotatable bonds is 11. The summed E-state index contributed by atoms with van der Waals surface area (Å²) in [6, 6.07) is 19.5. The Hall–Kier alpha value is -3.49. The van der Waals surface area contributed by atoms with E-state index in [4.69, 9.17) is 4.42 Å². The number of nitrogens with zero attached hydrogens (tertiary/aromatic N) is 2. The zero-order valence-corrected chi connectivity index (χ0v) is 18.6. The lowest BCUT2D eigenvalue weighted by atomic mass is 10.1. The molecule has 8 heteroatoms. The molecule has 8 nitrogen and oxygen atoms in total. The van der Waals surface area contributed by atoms with Crippen LogP contribution < -0.4 is 5.32 Å². The molecule has 1 heterocycles. The molecular formula is C25H29N3O5. The summed E-state index contributed by atoms with van der Waals surface area (Å²) in [5, 5.41) is 22.8. The number of nitrogens with one attached hydrogen (secondary N) is 1. The van der Waals surface area contributed by atoms with E-state index < -0.39 is 24.0 Å². The van der Waals surface area contributed by atoms with Gasteiger partial charge in [-0.15, -0.1) is 0 Å². The highest BCUT2D eigenvalue weighted by Crippen LogP contribution is 2.10. The van der Waals surface area contributed by atoms with E-state index in [1.165, 1.54) is 11.9 Å². The van der Waals surface area contributed by atoms with E-state index >= 15 is 0 Å². The van der Waals surface area contributed by atoms with Crippen LogP contribution in [-0.4, -0.2) is 64.3 Å². The first kappa shape index (κ1) is 24.2. The number of oxazole rings is 1. The molecular weight excluding hydrogens is 422 g/mol. The van der Waals surface area contributed by atoms with Crippen molar-refractivity contribution in [1.82, 2.24) is 15.2 Å². The lowest BCUT2D eigenvalue weighted by molar-refractivity contribution is -0.152. The monoisotopic (exact) mass is 451 g/mol. The van der Waals surface area contributed by atoms with Crippen LogP contribution in [0, 0.1) is 0 Å². The molecule has 3 N–H and O–H groups in total. The zero-order chi connectivity index (χ0) is 23.6. The van der Waals surface area contributed by atoms with Gasteiger partial charge in [0.1, 0.15) is 6.26 Å². The van der Waals surface area contributed by atoms with Crippen LogP contribution in [0.3, 0.4) is 0 Å². The number of aliphatic hydroxyl groups is 2. The third kappa shape index (κ3) is 7.27. The number of likely N-dealkylation sites (N-methyl/N-ethyl adjacent to an activating group) is 1. The van der Waals surface area contributed by atoms with Gasteiger partial charge < -0.3 is 24.8 Å². The molecule has 0 fully saturated rings. The van der Waals surface area contributed by atoms with Gasteiger partial charge in [0.25, 0.3) is 11.8 Å². The summed E-state index contributed by atoms with van der Waals surface area (Å²) < 4.78 is 5.42. The van der Waals surface area contributed by atoms with Crippen molar-refractivity contribution in [3.8, 4) is 0 Å². The summed E-state index contributed by atoms with van der Waals surface area (Å²) >= 11 is 0. The third-order valence-electron chi connectivity index (χ3n) is 5.24. The van der Waals surface area contributed by atoms with Crippen LogP contribution in [0.15, 0.2) is 71.3 Å². The number of hydrogen-bond donors (Lipinski definition) is 3. The van der Waals surface area contributed by atoms with Crippen LogP contribution in [0.1, 0.15) is 22.7 Å². The molecule has 33 heavy (non-hydrogen) atoms. The average molecular weight is 452 g/mol. The predicted octanol–water partition coefficient (Wildman–Crippen LogP) is 1.35. The Morgan fingerprint density at radius 3 is 2.27 bits per heavy atom. The van der Waals surface area contributed by atoms with E-state index in [2.05, 4.69) is 10.3 Å². The SMILES string of the molecule is CN(CCc1ccccc1)C(=O)[C@H](O)[C@@H](O)C(=O)NCCc1nc(Cc2ccccc2)co1. The molecule has 0 aliphatic heterocycles. The molecule has 0 aliphatic rings. The smallest absolute Gasteiger partial charge is 0.254 e. The lowest BCUT2D eigenvalue weighted by Gasteiger charge is -2.23. The molecule has 2 atom stereocenters. The van der Waals surface area contributed by atoms with E-state index in [1.54, 1.807) is 6.26 Å². The van der Waals surface area contributed by atoms with Crippen molar-refractivity contribution in [3.63, 3.8) is 0 Å². The predicted molar refractivity (Wildman–Crippen MR) is 122 cm³/mol. The van der Waals surface area contributed by atoms with Gasteiger partial charge in [-0.2, -0.15) is 0 Å². The van der Waals surface area contributed by atoms with Gasteiger partial charge in [0.05, 0.1) is 5.69 Å². The van der Waals surface area contributed by atoms with Gasteiger partial charge in [0, 0.05) is 33.0 Å². The van der Waals surface area contributed by atoms with Crippen molar-refractivity contribution < 1.29 is 24.2 Å². The van der Waals surface area contributed by atoms with E-state index in [1.807, 2.05) is 60.7 Å². The minimum Gasteiger partial charge on any atom is -0.449 e. The molecule has 174 valence electrons. The fraction of sp³-hybridized carbons (Fsp3) is 0.320. The number of aliphatic hydroxyl groups excluding tert-OH is 2. The Morgan fingerprint density at radius 1 is 0.970 bits per heavy atom. The molecule has 3 rings (SSSR count).